The normalized spacial score (nSPS) is 13.6. The van der Waals surface area contributed by atoms with E-state index in [-0.39, 0.29) is 11.8 Å². The van der Waals surface area contributed by atoms with Crippen LogP contribution >= 0.6 is 0 Å². The fraction of sp³-hybridized carbons (Fsp3) is 0.200. The van der Waals surface area contributed by atoms with Gasteiger partial charge in [0.2, 0.25) is 5.91 Å². The number of rotatable bonds is 6. The van der Waals surface area contributed by atoms with E-state index in [2.05, 4.69) is 11.9 Å². The average molecular weight is 336 g/mol. The molecule has 0 bridgehead atoms. The van der Waals surface area contributed by atoms with Gasteiger partial charge in [0.1, 0.15) is 12.4 Å². The van der Waals surface area contributed by atoms with Gasteiger partial charge in [0.25, 0.3) is 5.91 Å². The zero-order valence-corrected chi connectivity index (χ0v) is 13.9. The van der Waals surface area contributed by atoms with Crippen LogP contribution in [-0.4, -0.2) is 25.0 Å². The van der Waals surface area contributed by atoms with Gasteiger partial charge >= 0.3 is 0 Å². The molecule has 5 heteroatoms. The summed E-state index contributed by atoms with van der Waals surface area (Å²) in [5.74, 6) is 0.645. The van der Waals surface area contributed by atoms with Crippen LogP contribution in [0.5, 0.6) is 5.75 Å². The van der Waals surface area contributed by atoms with Crippen LogP contribution in [0.4, 0.5) is 11.4 Å². The lowest BCUT2D eigenvalue weighted by Crippen LogP contribution is -2.23. The predicted octanol–water partition coefficient (Wildman–Crippen LogP) is 3.63. The maximum Gasteiger partial charge on any atom is 0.255 e. The predicted molar refractivity (Wildman–Crippen MR) is 98.1 cm³/mol. The number of amides is 2. The van der Waals surface area contributed by atoms with Crippen LogP contribution in [0.15, 0.2) is 61.2 Å². The van der Waals surface area contributed by atoms with Crippen LogP contribution in [0.3, 0.4) is 0 Å². The second-order valence-electron chi connectivity index (χ2n) is 5.77. The van der Waals surface area contributed by atoms with Crippen LogP contribution in [0.25, 0.3) is 0 Å². The highest BCUT2D eigenvalue weighted by Gasteiger charge is 2.21. The molecule has 25 heavy (non-hydrogen) atoms. The minimum absolute atomic E-state index is 0.149. The number of hydrogen-bond acceptors (Lipinski definition) is 3. The van der Waals surface area contributed by atoms with Crippen molar-refractivity contribution in [1.82, 2.24) is 0 Å². The molecule has 0 spiro atoms. The maximum absolute atomic E-state index is 12.3. The molecule has 128 valence electrons. The molecule has 0 unspecified atom stereocenters. The van der Waals surface area contributed by atoms with E-state index < -0.39 is 0 Å². The molecule has 1 heterocycles. The van der Waals surface area contributed by atoms with Crippen molar-refractivity contribution in [3.8, 4) is 5.75 Å². The van der Waals surface area contributed by atoms with Gasteiger partial charge in [-0.3, -0.25) is 9.59 Å². The van der Waals surface area contributed by atoms with Crippen LogP contribution < -0.4 is 15.0 Å². The van der Waals surface area contributed by atoms with Gasteiger partial charge in [-0.1, -0.05) is 12.7 Å². The zero-order chi connectivity index (χ0) is 17.6. The summed E-state index contributed by atoms with van der Waals surface area (Å²) in [4.78, 5) is 25.8. The largest absolute Gasteiger partial charge is 0.490 e. The zero-order valence-electron chi connectivity index (χ0n) is 13.9. The molecule has 3 rings (SSSR count). The molecule has 0 radical (unpaired) electrons. The Morgan fingerprint density at radius 2 is 1.88 bits per heavy atom. The summed E-state index contributed by atoms with van der Waals surface area (Å²) in [6.45, 7) is 4.78. The first-order chi connectivity index (χ1) is 12.2. The maximum atomic E-state index is 12.3. The van der Waals surface area contributed by atoms with Crippen molar-refractivity contribution in [1.29, 1.82) is 0 Å². The summed E-state index contributed by atoms with van der Waals surface area (Å²) in [6.07, 6.45) is 3.16. The van der Waals surface area contributed by atoms with Crippen LogP contribution in [0.2, 0.25) is 0 Å². The van der Waals surface area contributed by atoms with Crippen molar-refractivity contribution >= 4 is 23.2 Å². The minimum atomic E-state index is -0.194. The Bertz CT molecular complexity index is 767. The van der Waals surface area contributed by atoms with E-state index in [0.717, 1.165) is 18.7 Å². The highest BCUT2D eigenvalue weighted by Crippen LogP contribution is 2.23. The van der Waals surface area contributed by atoms with E-state index in [1.807, 2.05) is 12.1 Å². The van der Waals surface area contributed by atoms with E-state index in [1.54, 1.807) is 47.4 Å². The van der Waals surface area contributed by atoms with Crippen molar-refractivity contribution in [3.63, 3.8) is 0 Å². The molecule has 1 aliphatic heterocycles. The smallest absolute Gasteiger partial charge is 0.255 e. The molecular formula is C20H20N2O3. The summed E-state index contributed by atoms with van der Waals surface area (Å²) in [6, 6.07) is 14.2. The molecule has 0 saturated carbocycles. The van der Waals surface area contributed by atoms with Gasteiger partial charge in [-0.05, 0) is 55.0 Å². The third-order valence-corrected chi connectivity index (χ3v) is 3.99. The number of ether oxygens (including phenoxy) is 1. The van der Waals surface area contributed by atoms with Crippen LogP contribution in [0.1, 0.15) is 23.2 Å². The van der Waals surface area contributed by atoms with Crippen LogP contribution in [-0.2, 0) is 4.79 Å². The van der Waals surface area contributed by atoms with Crippen molar-refractivity contribution in [2.24, 2.45) is 0 Å². The number of nitrogens with one attached hydrogen (secondary N) is 1. The summed E-state index contributed by atoms with van der Waals surface area (Å²) in [5.41, 5.74) is 2.10. The van der Waals surface area contributed by atoms with E-state index >= 15 is 0 Å². The first-order valence-electron chi connectivity index (χ1n) is 8.23. The minimum Gasteiger partial charge on any atom is -0.490 e. The van der Waals surface area contributed by atoms with Gasteiger partial charge in [-0.25, -0.2) is 0 Å². The Balaban J connectivity index is 1.62. The van der Waals surface area contributed by atoms with E-state index in [9.17, 15) is 9.59 Å². The Kier molecular flexibility index (Phi) is 5.14. The molecule has 0 aromatic heterocycles. The average Bonchev–Trinajstić information content (AvgIpc) is 3.07. The van der Waals surface area contributed by atoms with Gasteiger partial charge in [0, 0.05) is 29.9 Å². The van der Waals surface area contributed by atoms with Crippen LogP contribution in [0, 0.1) is 0 Å². The number of carbonyl (C=O) groups excluding carboxylic acids is 2. The second-order valence-corrected chi connectivity index (χ2v) is 5.77. The summed E-state index contributed by atoms with van der Waals surface area (Å²) in [7, 11) is 0. The SMILES string of the molecule is C=CCOc1ccc(C(=O)Nc2ccc(N3CCCC3=O)cc2)cc1. The van der Waals surface area contributed by atoms with Crippen molar-refractivity contribution < 1.29 is 14.3 Å². The molecule has 2 amide bonds. The van der Waals surface area contributed by atoms with Gasteiger partial charge in [0.15, 0.2) is 0 Å². The van der Waals surface area contributed by atoms with E-state index in [1.165, 1.54) is 0 Å². The molecule has 1 N–H and O–H groups in total. The number of benzene rings is 2. The first kappa shape index (κ1) is 16.8. The highest BCUT2D eigenvalue weighted by molar-refractivity contribution is 6.04. The van der Waals surface area contributed by atoms with E-state index in [4.69, 9.17) is 4.74 Å². The third kappa shape index (κ3) is 4.07. The molecular weight excluding hydrogens is 316 g/mol. The lowest BCUT2D eigenvalue weighted by atomic mass is 10.2. The number of carbonyl (C=O) groups is 2. The molecule has 2 aromatic carbocycles. The van der Waals surface area contributed by atoms with Gasteiger partial charge < -0.3 is 15.0 Å². The quantitative estimate of drug-likeness (QED) is 0.820. The molecule has 0 aliphatic carbocycles. The Morgan fingerprint density at radius 3 is 2.48 bits per heavy atom. The molecule has 2 aromatic rings. The van der Waals surface area contributed by atoms with Gasteiger partial charge in [-0.15, -0.1) is 0 Å². The second kappa shape index (κ2) is 7.66. The standard InChI is InChI=1S/C20H20N2O3/c1-2-14-25-18-11-5-15(6-12-18)20(24)21-16-7-9-17(10-8-16)22-13-3-4-19(22)23/h2,5-12H,1,3-4,13-14H2,(H,21,24). The molecule has 1 saturated heterocycles. The number of hydrogen-bond donors (Lipinski definition) is 1. The van der Waals surface area contributed by atoms with Crippen molar-refractivity contribution in [3.05, 3.63) is 66.7 Å². The Hall–Kier alpha value is -3.08. The number of anilines is 2. The summed E-state index contributed by atoms with van der Waals surface area (Å²) >= 11 is 0. The van der Waals surface area contributed by atoms with E-state index in [0.29, 0.717) is 30.0 Å². The van der Waals surface area contributed by atoms with Crippen molar-refractivity contribution in [2.75, 3.05) is 23.4 Å². The molecule has 5 nitrogen and oxygen atoms in total. The third-order valence-electron chi connectivity index (χ3n) is 3.99. The first-order valence-corrected chi connectivity index (χ1v) is 8.23. The fourth-order valence-electron chi connectivity index (χ4n) is 2.71. The fourth-order valence-corrected chi connectivity index (χ4v) is 2.71. The topological polar surface area (TPSA) is 58.6 Å². The Labute approximate surface area is 146 Å². The van der Waals surface area contributed by atoms with Gasteiger partial charge in [-0.2, -0.15) is 0 Å². The Morgan fingerprint density at radius 1 is 1.16 bits per heavy atom. The molecule has 1 fully saturated rings. The molecule has 0 atom stereocenters. The number of nitrogens with zero attached hydrogens (tertiary/aromatic N) is 1. The lowest BCUT2D eigenvalue weighted by molar-refractivity contribution is -0.117. The summed E-state index contributed by atoms with van der Waals surface area (Å²) < 4.78 is 5.40. The highest BCUT2D eigenvalue weighted by atomic mass is 16.5. The monoisotopic (exact) mass is 336 g/mol. The van der Waals surface area contributed by atoms with Gasteiger partial charge in [0.05, 0.1) is 0 Å². The van der Waals surface area contributed by atoms with Crippen molar-refractivity contribution in [2.45, 2.75) is 12.8 Å². The molecule has 1 aliphatic rings. The summed E-state index contributed by atoms with van der Waals surface area (Å²) in [5, 5.41) is 2.85. The lowest BCUT2D eigenvalue weighted by Gasteiger charge is -2.16.